The highest BCUT2D eigenvalue weighted by Gasteiger charge is 2.37. The van der Waals surface area contributed by atoms with Crippen LogP contribution in [-0.4, -0.2) is 16.4 Å². The minimum absolute atomic E-state index is 0.115. The quantitative estimate of drug-likeness (QED) is 0.894. The highest BCUT2D eigenvalue weighted by molar-refractivity contribution is 9.10. The molecule has 1 aliphatic heterocycles. The maximum absolute atomic E-state index is 12.2. The second-order valence-electron chi connectivity index (χ2n) is 4.62. The topological polar surface area (TPSA) is 29.1 Å². The number of rotatable bonds is 2. The Bertz CT molecular complexity index is 441. The van der Waals surface area contributed by atoms with E-state index in [-0.39, 0.29) is 10.7 Å². The molecule has 1 atom stereocenters. The lowest BCUT2D eigenvalue weighted by Crippen LogP contribution is -2.34. The highest BCUT2D eigenvalue weighted by Crippen LogP contribution is 2.39. The number of benzene rings is 1. The zero-order valence-corrected chi connectivity index (χ0v) is 12.5. The van der Waals surface area contributed by atoms with Crippen LogP contribution in [0.1, 0.15) is 25.3 Å². The predicted octanol–water partition coefficient (Wildman–Crippen LogP) is 3.98. The van der Waals surface area contributed by atoms with Crippen molar-refractivity contribution >= 4 is 39.3 Å². The van der Waals surface area contributed by atoms with E-state index < -0.39 is 0 Å². The summed E-state index contributed by atoms with van der Waals surface area (Å²) in [6.07, 6.45) is 2.09. The first kappa shape index (κ1) is 13.0. The van der Waals surface area contributed by atoms with Crippen molar-refractivity contribution in [2.45, 2.75) is 31.4 Å². The molecule has 0 saturated carbocycles. The molecule has 1 amide bonds. The van der Waals surface area contributed by atoms with Gasteiger partial charge in [-0.15, -0.1) is 11.8 Å². The average Bonchev–Trinajstić information content (AvgIpc) is 2.71. The third-order valence-corrected chi connectivity index (χ3v) is 5.25. The van der Waals surface area contributed by atoms with Gasteiger partial charge in [0.05, 0.1) is 10.4 Å². The average molecular weight is 314 g/mol. The summed E-state index contributed by atoms with van der Waals surface area (Å²) in [5, 5.41) is 3.01. The Labute approximate surface area is 115 Å². The first-order valence-corrected chi connectivity index (χ1v) is 7.51. The van der Waals surface area contributed by atoms with Gasteiger partial charge in [0.1, 0.15) is 0 Å². The van der Waals surface area contributed by atoms with Gasteiger partial charge in [-0.3, -0.25) is 4.79 Å². The van der Waals surface area contributed by atoms with Gasteiger partial charge in [-0.25, -0.2) is 0 Å². The molecule has 0 bridgehead atoms. The summed E-state index contributed by atoms with van der Waals surface area (Å²) in [5.74, 6) is 1.20. The molecule has 1 aromatic carbocycles. The van der Waals surface area contributed by atoms with Crippen LogP contribution in [-0.2, 0) is 4.79 Å². The van der Waals surface area contributed by atoms with Crippen LogP contribution in [0.5, 0.6) is 0 Å². The summed E-state index contributed by atoms with van der Waals surface area (Å²) in [7, 11) is 0. The SMILES string of the molecule is Cc1ccc(NC(=O)C2(C)CCCS2)c(Br)c1. The van der Waals surface area contributed by atoms with Gasteiger partial charge in [0.15, 0.2) is 0 Å². The number of carbonyl (C=O) groups excluding carboxylic acids is 1. The van der Waals surface area contributed by atoms with Gasteiger partial charge in [0, 0.05) is 4.47 Å². The maximum Gasteiger partial charge on any atom is 0.240 e. The van der Waals surface area contributed by atoms with E-state index in [0.717, 1.165) is 28.8 Å². The molecule has 92 valence electrons. The number of amides is 1. The van der Waals surface area contributed by atoms with Gasteiger partial charge >= 0.3 is 0 Å². The second kappa shape index (κ2) is 5.02. The molecule has 2 nitrogen and oxygen atoms in total. The third kappa shape index (κ3) is 2.86. The largest absolute Gasteiger partial charge is 0.324 e. The van der Waals surface area contributed by atoms with Crippen LogP contribution in [0.25, 0.3) is 0 Å². The summed E-state index contributed by atoms with van der Waals surface area (Å²) < 4.78 is 0.682. The molecule has 0 radical (unpaired) electrons. The van der Waals surface area contributed by atoms with Crippen LogP contribution in [0.2, 0.25) is 0 Å². The third-order valence-electron chi connectivity index (χ3n) is 3.07. The number of anilines is 1. The van der Waals surface area contributed by atoms with Crippen molar-refractivity contribution < 1.29 is 4.79 Å². The number of thioether (sulfide) groups is 1. The number of aryl methyl sites for hydroxylation is 1. The van der Waals surface area contributed by atoms with Crippen molar-refractivity contribution in [3.63, 3.8) is 0 Å². The van der Waals surface area contributed by atoms with Crippen molar-refractivity contribution in [2.75, 3.05) is 11.1 Å². The van der Waals surface area contributed by atoms with Gasteiger partial charge in [0.25, 0.3) is 0 Å². The minimum atomic E-state index is -0.260. The molecule has 0 aliphatic carbocycles. The zero-order chi connectivity index (χ0) is 12.5. The zero-order valence-electron chi connectivity index (χ0n) is 10.0. The van der Waals surface area contributed by atoms with E-state index in [1.54, 1.807) is 11.8 Å². The number of carbonyl (C=O) groups is 1. The van der Waals surface area contributed by atoms with Gasteiger partial charge in [-0.05, 0) is 66.1 Å². The summed E-state index contributed by atoms with van der Waals surface area (Å²) in [4.78, 5) is 12.2. The molecule has 1 aromatic rings. The molecule has 1 heterocycles. The van der Waals surface area contributed by atoms with Crippen LogP contribution in [0.4, 0.5) is 5.69 Å². The van der Waals surface area contributed by atoms with E-state index in [0.29, 0.717) is 0 Å². The molecule has 0 spiro atoms. The maximum atomic E-state index is 12.2. The lowest BCUT2D eigenvalue weighted by Gasteiger charge is -2.22. The molecule has 2 rings (SSSR count). The molecule has 1 saturated heterocycles. The fraction of sp³-hybridized carbons (Fsp3) is 0.462. The van der Waals surface area contributed by atoms with Crippen LogP contribution in [0.3, 0.4) is 0 Å². The van der Waals surface area contributed by atoms with E-state index >= 15 is 0 Å². The van der Waals surface area contributed by atoms with Crippen LogP contribution < -0.4 is 5.32 Å². The normalized spacial score (nSPS) is 23.7. The van der Waals surface area contributed by atoms with Crippen molar-refractivity contribution in [1.82, 2.24) is 0 Å². The lowest BCUT2D eigenvalue weighted by molar-refractivity contribution is -0.118. The van der Waals surface area contributed by atoms with Crippen LogP contribution in [0, 0.1) is 6.92 Å². The Morgan fingerprint density at radius 2 is 2.29 bits per heavy atom. The summed E-state index contributed by atoms with van der Waals surface area (Å²) >= 11 is 5.23. The molecule has 0 aromatic heterocycles. The minimum Gasteiger partial charge on any atom is -0.324 e. The standard InChI is InChI=1S/C13H16BrNOS/c1-9-4-5-11(10(14)8-9)15-12(16)13(2)6-3-7-17-13/h4-5,8H,3,6-7H2,1-2H3,(H,15,16). The molecule has 17 heavy (non-hydrogen) atoms. The second-order valence-corrected chi connectivity index (χ2v) is 7.07. The molecular weight excluding hydrogens is 298 g/mol. The number of hydrogen-bond acceptors (Lipinski definition) is 2. The van der Waals surface area contributed by atoms with E-state index in [1.807, 2.05) is 32.0 Å². The number of halogens is 1. The Morgan fingerprint density at radius 3 is 2.88 bits per heavy atom. The Hall–Kier alpha value is -0.480. The molecular formula is C13H16BrNOS. The monoisotopic (exact) mass is 313 g/mol. The Balaban J connectivity index is 2.13. The molecule has 1 fully saturated rings. The van der Waals surface area contributed by atoms with Gasteiger partial charge in [0.2, 0.25) is 5.91 Å². The highest BCUT2D eigenvalue weighted by atomic mass is 79.9. The fourth-order valence-corrected chi connectivity index (χ4v) is 3.74. The van der Waals surface area contributed by atoms with Crippen molar-refractivity contribution in [1.29, 1.82) is 0 Å². The smallest absolute Gasteiger partial charge is 0.240 e. The van der Waals surface area contributed by atoms with Gasteiger partial charge in [-0.2, -0.15) is 0 Å². The number of nitrogens with one attached hydrogen (secondary N) is 1. The summed E-state index contributed by atoms with van der Waals surface area (Å²) in [6, 6.07) is 5.96. The van der Waals surface area contributed by atoms with E-state index in [4.69, 9.17) is 0 Å². The van der Waals surface area contributed by atoms with Crippen molar-refractivity contribution in [3.05, 3.63) is 28.2 Å². The molecule has 1 N–H and O–H groups in total. The first-order valence-electron chi connectivity index (χ1n) is 5.73. The summed E-state index contributed by atoms with van der Waals surface area (Å²) in [5.41, 5.74) is 2.03. The number of hydrogen-bond donors (Lipinski definition) is 1. The van der Waals surface area contributed by atoms with Gasteiger partial charge in [-0.1, -0.05) is 6.07 Å². The lowest BCUT2D eigenvalue weighted by atomic mass is 10.0. The van der Waals surface area contributed by atoms with Crippen molar-refractivity contribution in [3.8, 4) is 0 Å². The van der Waals surface area contributed by atoms with E-state index in [1.165, 1.54) is 5.56 Å². The van der Waals surface area contributed by atoms with E-state index in [2.05, 4.69) is 21.2 Å². The van der Waals surface area contributed by atoms with Crippen molar-refractivity contribution in [2.24, 2.45) is 0 Å². The Kier molecular flexibility index (Phi) is 3.83. The molecule has 4 heteroatoms. The first-order chi connectivity index (χ1) is 8.01. The van der Waals surface area contributed by atoms with E-state index in [9.17, 15) is 4.79 Å². The molecule has 1 unspecified atom stereocenters. The Morgan fingerprint density at radius 1 is 1.53 bits per heavy atom. The van der Waals surface area contributed by atoms with Crippen LogP contribution >= 0.6 is 27.7 Å². The van der Waals surface area contributed by atoms with Crippen LogP contribution in [0.15, 0.2) is 22.7 Å². The molecule has 1 aliphatic rings. The predicted molar refractivity (Wildman–Crippen MR) is 77.6 cm³/mol. The van der Waals surface area contributed by atoms with Gasteiger partial charge < -0.3 is 5.32 Å². The fourth-order valence-electron chi connectivity index (χ4n) is 1.93. The summed E-state index contributed by atoms with van der Waals surface area (Å²) in [6.45, 7) is 4.06.